The molecular formula is C22H19N3O4. The number of amides is 2. The molecule has 7 nitrogen and oxygen atoms in total. The van der Waals surface area contributed by atoms with Crippen LogP contribution in [-0.4, -0.2) is 27.9 Å². The van der Waals surface area contributed by atoms with Gasteiger partial charge in [-0.05, 0) is 48.1 Å². The van der Waals surface area contributed by atoms with E-state index in [0.717, 1.165) is 12.0 Å². The zero-order valence-electron chi connectivity index (χ0n) is 15.5. The standard InChI is InChI=1S/C22H19N3O4/c26-20-18-13-3-4-14(8-13)19(18)21(27)25(20)15-5-6-17(16(9-15)22(28)29)24-11-12-2-1-7-23-10-12/h1-7,9-10,13-14,18-19,24H,8,11H2,(H,28,29)/t13-,14-,18+,19+/m0/s1. The van der Waals surface area contributed by atoms with Crippen LogP contribution in [0.25, 0.3) is 0 Å². The van der Waals surface area contributed by atoms with E-state index in [9.17, 15) is 19.5 Å². The summed E-state index contributed by atoms with van der Waals surface area (Å²) in [6.45, 7) is 0.411. The number of rotatable bonds is 5. The number of aromatic nitrogens is 1. The van der Waals surface area contributed by atoms with Crippen LogP contribution in [0.5, 0.6) is 0 Å². The number of hydrogen-bond acceptors (Lipinski definition) is 5. The molecule has 2 fully saturated rings. The van der Waals surface area contributed by atoms with Crippen LogP contribution >= 0.6 is 0 Å². The highest BCUT2D eigenvalue weighted by Crippen LogP contribution is 2.53. The first-order chi connectivity index (χ1) is 14.0. The average molecular weight is 389 g/mol. The Morgan fingerprint density at radius 3 is 2.48 bits per heavy atom. The molecule has 1 saturated carbocycles. The molecule has 29 heavy (non-hydrogen) atoms. The molecule has 1 aromatic carbocycles. The van der Waals surface area contributed by atoms with E-state index in [2.05, 4.69) is 10.3 Å². The van der Waals surface area contributed by atoms with Gasteiger partial charge in [0.05, 0.1) is 23.1 Å². The summed E-state index contributed by atoms with van der Waals surface area (Å²) in [6.07, 6.45) is 8.30. The topological polar surface area (TPSA) is 99.6 Å². The molecule has 0 radical (unpaired) electrons. The molecule has 0 spiro atoms. The number of benzene rings is 1. The number of imide groups is 1. The van der Waals surface area contributed by atoms with Crippen LogP contribution in [0.1, 0.15) is 22.3 Å². The smallest absolute Gasteiger partial charge is 0.337 e. The van der Waals surface area contributed by atoms with E-state index < -0.39 is 5.97 Å². The Morgan fingerprint density at radius 2 is 1.86 bits per heavy atom. The Hall–Kier alpha value is -3.48. The van der Waals surface area contributed by atoms with Crippen molar-refractivity contribution in [1.29, 1.82) is 0 Å². The molecule has 2 bridgehead atoms. The van der Waals surface area contributed by atoms with E-state index in [1.165, 1.54) is 11.0 Å². The lowest BCUT2D eigenvalue weighted by Crippen LogP contribution is -2.33. The normalized spacial score (nSPS) is 26.8. The number of nitrogens with one attached hydrogen (secondary N) is 1. The summed E-state index contributed by atoms with van der Waals surface area (Å²) >= 11 is 0. The lowest BCUT2D eigenvalue weighted by atomic mass is 9.85. The summed E-state index contributed by atoms with van der Waals surface area (Å²) in [5, 5.41) is 12.8. The number of carbonyl (C=O) groups excluding carboxylic acids is 2. The molecular weight excluding hydrogens is 370 g/mol. The van der Waals surface area contributed by atoms with Gasteiger partial charge in [-0.15, -0.1) is 0 Å². The largest absolute Gasteiger partial charge is 0.478 e. The first kappa shape index (κ1) is 17.6. The van der Waals surface area contributed by atoms with Crippen molar-refractivity contribution in [3.63, 3.8) is 0 Å². The lowest BCUT2D eigenvalue weighted by molar-refractivity contribution is -0.123. The summed E-state index contributed by atoms with van der Waals surface area (Å²) in [7, 11) is 0. The van der Waals surface area contributed by atoms with Crippen LogP contribution in [0.15, 0.2) is 54.9 Å². The number of fused-ring (bicyclic) bond motifs is 5. The number of aromatic carboxylic acids is 1. The molecule has 0 unspecified atom stereocenters. The number of allylic oxidation sites excluding steroid dienone is 2. The average Bonchev–Trinajstić information content (AvgIpc) is 3.41. The predicted octanol–water partition coefficient (Wildman–Crippen LogP) is 2.70. The first-order valence-corrected chi connectivity index (χ1v) is 9.61. The molecule has 2 heterocycles. The van der Waals surface area contributed by atoms with Gasteiger partial charge in [0.2, 0.25) is 11.8 Å². The number of carboxylic acid groups (broad SMARTS) is 1. The molecule has 2 amide bonds. The second kappa shape index (κ2) is 6.55. The third-order valence-electron chi connectivity index (χ3n) is 6.17. The van der Waals surface area contributed by atoms with Gasteiger partial charge in [-0.25, -0.2) is 9.69 Å². The van der Waals surface area contributed by atoms with E-state index in [-0.39, 0.29) is 41.0 Å². The van der Waals surface area contributed by atoms with Gasteiger partial charge in [0, 0.05) is 24.6 Å². The van der Waals surface area contributed by atoms with Crippen molar-refractivity contribution in [2.45, 2.75) is 13.0 Å². The van der Waals surface area contributed by atoms with Crippen molar-refractivity contribution in [3.8, 4) is 0 Å². The fraction of sp³-hybridized carbons (Fsp3) is 0.273. The minimum Gasteiger partial charge on any atom is -0.478 e. The Kier molecular flexibility index (Phi) is 3.97. The van der Waals surface area contributed by atoms with Gasteiger partial charge in [0.25, 0.3) is 0 Å². The number of hydrogen-bond donors (Lipinski definition) is 2. The Morgan fingerprint density at radius 1 is 1.14 bits per heavy atom. The predicted molar refractivity (Wildman–Crippen MR) is 105 cm³/mol. The quantitative estimate of drug-likeness (QED) is 0.603. The van der Waals surface area contributed by atoms with Crippen molar-refractivity contribution in [2.75, 3.05) is 10.2 Å². The van der Waals surface area contributed by atoms with Gasteiger partial charge in [0.1, 0.15) is 0 Å². The van der Waals surface area contributed by atoms with Gasteiger partial charge in [-0.3, -0.25) is 14.6 Å². The van der Waals surface area contributed by atoms with Crippen molar-refractivity contribution < 1.29 is 19.5 Å². The maximum Gasteiger partial charge on any atom is 0.337 e. The molecule has 3 aliphatic rings. The lowest BCUT2D eigenvalue weighted by Gasteiger charge is -2.19. The van der Waals surface area contributed by atoms with Crippen molar-refractivity contribution >= 4 is 29.2 Å². The van der Waals surface area contributed by atoms with Crippen LogP contribution < -0.4 is 10.2 Å². The second-order valence-corrected chi connectivity index (χ2v) is 7.76. The first-order valence-electron chi connectivity index (χ1n) is 9.61. The van der Waals surface area contributed by atoms with E-state index in [0.29, 0.717) is 17.9 Å². The molecule has 4 atom stereocenters. The van der Waals surface area contributed by atoms with Crippen molar-refractivity contribution in [3.05, 3.63) is 66.0 Å². The molecule has 2 N–H and O–H groups in total. The summed E-state index contributed by atoms with van der Waals surface area (Å²) in [5.41, 5.74) is 1.67. The van der Waals surface area contributed by atoms with E-state index >= 15 is 0 Å². The maximum absolute atomic E-state index is 13.0. The number of pyridine rings is 1. The Bertz CT molecular complexity index is 1020. The molecule has 1 aliphatic heterocycles. The third-order valence-corrected chi connectivity index (χ3v) is 6.17. The summed E-state index contributed by atoms with van der Waals surface area (Å²) < 4.78 is 0. The zero-order chi connectivity index (χ0) is 20.1. The summed E-state index contributed by atoms with van der Waals surface area (Å²) in [6, 6.07) is 8.33. The van der Waals surface area contributed by atoms with E-state index in [4.69, 9.17) is 0 Å². The van der Waals surface area contributed by atoms with Crippen LogP contribution in [0.3, 0.4) is 0 Å². The zero-order valence-corrected chi connectivity index (χ0v) is 15.5. The number of anilines is 2. The monoisotopic (exact) mass is 389 g/mol. The molecule has 1 saturated heterocycles. The minimum atomic E-state index is -1.12. The number of nitrogens with zero attached hydrogens (tertiary/aromatic N) is 2. The van der Waals surface area contributed by atoms with Gasteiger partial charge >= 0.3 is 5.97 Å². The van der Waals surface area contributed by atoms with Crippen LogP contribution in [0.4, 0.5) is 11.4 Å². The minimum absolute atomic E-state index is 0.0187. The SMILES string of the molecule is O=C(O)c1cc(N2C(=O)[C@H]3[C@H](C2=O)[C@H]2C=C[C@H]3C2)ccc1NCc1cccnc1. The molecule has 146 valence electrons. The number of carbonyl (C=O) groups is 3. The Balaban J connectivity index is 1.43. The summed E-state index contributed by atoms with van der Waals surface area (Å²) in [5.74, 6) is -1.95. The van der Waals surface area contributed by atoms with E-state index in [1.54, 1.807) is 24.5 Å². The van der Waals surface area contributed by atoms with Crippen molar-refractivity contribution in [1.82, 2.24) is 4.98 Å². The number of carboxylic acids is 1. The fourth-order valence-electron chi connectivity index (χ4n) is 4.86. The highest BCUT2D eigenvalue weighted by atomic mass is 16.4. The highest BCUT2D eigenvalue weighted by molar-refractivity contribution is 6.23. The van der Waals surface area contributed by atoms with Gasteiger partial charge < -0.3 is 10.4 Å². The molecule has 5 rings (SSSR count). The molecule has 2 aliphatic carbocycles. The van der Waals surface area contributed by atoms with Crippen molar-refractivity contribution in [2.24, 2.45) is 23.7 Å². The van der Waals surface area contributed by atoms with Gasteiger partial charge in [-0.2, -0.15) is 0 Å². The molecule has 2 aromatic rings. The highest BCUT2D eigenvalue weighted by Gasteiger charge is 2.59. The van der Waals surface area contributed by atoms with Gasteiger partial charge in [0.15, 0.2) is 0 Å². The van der Waals surface area contributed by atoms with Crippen LogP contribution in [0.2, 0.25) is 0 Å². The third kappa shape index (κ3) is 2.73. The molecule has 1 aromatic heterocycles. The fourth-order valence-corrected chi connectivity index (χ4v) is 4.86. The molecule has 7 heteroatoms. The second-order valence-electron chi connectivity index (χ2n) is 7.76. The maximum atomic E-state index is 13.0. The Labute approximate surface area is 167 Å². The van der Waals surface area contributed by atoms with Crippen LogP contribution in [-0.2, 0) is 16.1 Å². The van der Waals surface area contributed by atoms with Gasteiger partial charge in [-0.1, -0.05) is 18.2 Å². The van der Waals surface area contributed by atoms with Crippen LogP contribution in [0, 0.1) is 23.7 Å². The summed E-state index contributed by atoms with van der Waals surface area (Å²) in [4.78, 5) is 43.0. The van der Waals surface area contributed by atoms with E-state index in [1.807, 2.05) is 24.3 Å².